The quantitative estimate of drug-likeness (QED) is 0.356. The molecular formula is C27H26N4O4. The average Bonchev–Trinajstić information content (AvgIpc) is 3.53. The second-order valence-electron chi connectivity index (χ2n) is 8.69. The van der Waals surface area contributed by atoms with E-state index >= 15 is 0 Å². The minimum absolute atomic E-state index is 0.0184. The molecule has 178 valence electrons. The highest BCUT2D eigenvalue weighted by Crippen LogP contribution is 2.22. The topological polar surface area (TPSA) is 84.2 Å². The highest BCUT2D eigenvalue weighted by atomic mass is 16.5. The lowest BCUT2D eigenvalue weighted by atomic mass is 10.0. The lowest BCUT2D eigenvalue weighted by Crippen LogP contribution is -2.40. The van der Waals surface area contributed by atoms with Crippen molar-refractivity contribution in [2.24, 2.45) is 0 Å². The molecule has 3 aromatic heterocycles. The SMILES string of the molecule is COc1ccccc1Cn1cnc2c1c(=O)n(Cc1ccco1)c(=O)n2-c1ccc(C(C)C)cc1. The van der Waals surface area contributed by atoms with Crippen LogP contribution in [-0.2, 0) is 13.1 Å². The highest BCUT2D eigenvalue weighted by molar-refractivity contribution is 5.72. The van der Waals surface area contributed by atoms with Crippen molar-refractivity contribution in [2.75, 3.05) is 7.11 Å². The van der Waals surface area contributed by atoms with Gasteiger partial charge in [-0.05, 0) is 41.8 Å². The summed E-state index contributed by atoms with van der Waals surface area (Å²) in [5, 5.41) is 0. The summed E-state index contributed by atoms with van der Waals surface area (Å²) in [6, 6.07) is 18.8. The molecule has 0 radical (unpaired) electrons. The van der Waals surface area contributed by atoms with Crippen molar-refractivity contribution in [3.63, 3.8) is 0 Å². The van der Waals surface area contributed by atoms with Crippen molar-refractivity contribution in [1.29, 1.82) is 0 Å². The van der Waals surface area contributed by atoms with E-state index in [1.165, 1.54) is 15.4 Å². The molecule has 0 aliphatic rings. The fraction of sp³-hybridized carbons (Fsp3) is 0.222. The largest absolute Gasteiger partial charge is 0.496 e. The van der Waals surface area contributed by atoms with Gasteiger partial charge in [-0.25, -0.2) is 14.3 Å². The Morgan fingerprint density at radius 2 is 1.74 bits per heavy atom. The first-order valence-corrected chi connectivity index (χ1v) is 11.4. The third-order valence-corrected chi connectivity index (χ3v) is 6.15. The van der Waals surface area contributed by atoms with Gasteiger partial charge in [0.15, 0.2) is 11.2 Å². The van der Waals surface area contributed by atoms with E-state index in [0.29, 0.717) is 40.8 Å². The minimum Gasteiger partial charge on any atom is -0.496 e. The number of hydrogen-bond donors (Lipinski definition) is 0. The van der Waals surface area contributed by atoms with E-state index in [4.69, 9.17) is 9.15 Å². The van der Waals surface area contributed by atoms with Crippen molar-refractivity contribution >= 4 is 11.2 Å². The predicted molar refractivity (Wildman–Crippen MR) is 134 cm³/mol. The molecule has 0 fully saturated rings. The molecular weight excluding hydrogens is 444 g/mol. The normalized spacial score (nSPS) is 11.4. The van der Waals surface area contributed by atoms with Crippen molar-refractivity contribution in [3.8, 4) is 11.4 Å². The van der Waals surface area contributed by atoms with Gasteiger partial charge < -0.3 is 13.7 Å². The molecule has 0 saturated carbocycles. The van der Waals surface area contributed by atoms with Crippen molar-refractivity contribution in [3.05, 3.63) is 111 Å². The maximum absolute atomic E-state index is 13.6. The fourth-order valence-electron chi connectivity index (χ4n) is 4.26. The van der Waals surface area contributed by atoms with Gasteiger partial charge in [0.1, 0.15) is 11.5 Å². The number of imidazole rings is 1. The zero-order chi connectivity index (χ0) is 24.5. The molecule has 35 heavy (non-hydrogen) atoms. The van der Waals surface area contributed by atoms with Crippen LogP contribution in [0.2, 0.25) is 0 Å². The molecule has 5 aromatic rings. The minimum atomic E-state index is -0.473. The number of nitrogens with zero attached hydrogens (tertiary/aromatic N) is 4. The van der Waals surface area contributed by atoms with Crippen LogP contribution in [0, 0.1) is 0 Å². The first-order valence-electron chi connectivity index (χ1n) is 11.4. The Labute approximate surface area is 201 Å². The second-order valence-corrected chi connectivity index (χ2v) is 8.69. The Kier molecular flexibility index (Phi) is 5.86. The van der Waals surface area contributed by atoms with E-state index in [-0.39, 0.29) is 6.54 Å². The fourth-order valence-corrected chi connectivity index (χ4v) is 4.26. The molecule has 0 N–H and O–H groups in total. The molecule has 0 aliphatic heterocycles. The lowest BCUT2D eigenvalue weighted by molar-refractivity contribution is 0.408. The Bertz CT molecular complexity index is 1590. The van der Waals surface area contributed by atoms with Crippen molar-refractivity contribution in [1.82, 2.24) is 18.7 Å². The molecule has 0 bridgehead atoms. The summed E-state index contributed by atoms with van der Waals surface area (Å²) in [5.41, 5.74) is 2.43. The summed E-state index contributed by atoms with van der Waals surface area (Å²) in [7, 11) is 1.61. The third-order valence-electron chi connectivity index (χ3n) is 6.15. The first-order chi connectivity index (χ1) is 17.0. The Balaban J connectivity index is 1.74. The zero-order valence-electron chi connectivity index (χ0n) is 19.8. The second kappa shape index (κ2) is 9.13. The van der Waals surface area contributed by atoms with E-state index in [1.807, 2.05) is 48.5 Å². The maximum atomic E-state index is 13.6. The smallest absolute Gasteiger partial charge is 0.337 e. The van der Waals surface area contributed by atoms with Crippen LogP contribution in [0.5, 0.6) is 5.75 Å². The van der Waals surface area contributed by atoms with Gasteiger partial charge in [-0.2, -0.15) is 0 Å². The monoisotopic (exact) mass is 470 g/mol. The van der Waals surface area contributed by atoms with Crippen molar-refractivity contribution in [2.45, 2.75) is 32.9 Å². The molecule has 0 aliphatic carbocycles. The summed E-state index contributed by atoms with van der Waals surface area (Å²) >= 11 is 0. The van der Waals surface area contributed by atoms with Crippen LogP contribution in [0.25, 0.3) is 16.9 Å². The van der Waals surface area contributed by atoms with Gasteiger partial charge >= 0.3 is 5.69 Å². The van der Waals surface area contributed by atoms with Crippen LogP contribution >= 0.6 is 0 Å². The highest BCUT2D eigenvalue weighted by Gasteiger charge is 2.20. The van der Waals surface area contributed by atoms with Crippen LogP contribution in [0.4, 0.5) is 0 Å². The Morgan fingerprint density at radius 3 is 2.43 bits per heavy atom. The molecule has 5 rings (SSSR count). The van der Waals surface area contributed by atoms with Gasteiger partial charge in [-0.15, -0.1) is 0 Å². The number of rotatable bonds is 7. The average molecular weight is 471 g/mol. The number of furan rings is 1. The van der Waals surface area contributed by atoms with Gasteiger partial charge in [0, 0.05) is 5.56 Å². The summed E-state index contributed by atoms with van der Waals surface area (Å²) in [4.78, 5) is 31.8. The summed E-state index contributed by atoms with van der Waals surface area (Å²) in [6.45, 7) is 4.61. The Hall–Kier alpha value is -4.33. The molecule has 8 nitrogen and oxygen atoms in total. The maximum Gasteiger partial charge on any atom is 0.337 e. The van der Waals surface area contributed by atoms with Crippen LogP contribution in [0.1, 0.15) is 36.7 Å². The molecule has 2 aromatic carbocycles. The molecule has 0 atom stereocenters. The van der Waals surface area contributed by atoms with Gasteiger partial charge in [-0.3, -0.25) is 9.36 Å². The molecule has 0 unspecified atom stereocenters. The summed E-state index contributed by atoms with van der Waals surface area (Å²) in [5.74, 6) is 1.58. The van der Waals surface area contributed by atoms with E-state index < -0.39 is 11.2 Å². The standard InChI is InChI=1S/C27H26N4O4/c1-18(2)19-10-12-21(13-11-19)31-25-24(26(32)30(27(31)33)16-22-8-6-14-35-22)29(17-28-25)15-20-7-4-5-9-23(20)34-3/h4-14,17-18H,15-16H2,1-3H3. The first kappa shape index (κ1) is 22.5. The number of para-hydroxylation sites is 1. The van der Waals surface area contributed by atoms with E-state index in [1.54, 1.807) is 30.1 Å². The number of methoxy groups -OCH3 is 1. The number of hydrogen-bond acceptors (Lipinski definition) is 5. The van der Waals surface area contributed by atoms with Crippen LogP contribution in [0.15, 0.2) is 87.3 Å². The van der Waals surface area contributed by atoms with Gasteiger partial charge in [0.2, 0.25) is 0 Å². The predicted octanol–water partition coefficient (Wildman–Crippen LogP) is 4.17. The Morgan fingerprint density at radius 1 is 0.971 bits per heavy atom. The summed E-state index contributed by atoms with van der Waals surface area (Å²) in [6.07, 6.45) is 3.11. The lowest BCUT2D eigenvalue weighted by Gasteiger charge is -2.14. The molecule has 0 saturated heterocycles. The van der Waals surface area contributed by atoms with Crippen LogP contribution in [-0.4, -0.2) is 25.8 Å². The summed E-state index contributed by atoms with van der Waals surface area (Å²) < 4.78 is 15.4. The van der Waals surface area contributed by atoms with Crippen LogP contribution in [0.3, 0.4) is 0 Å². The third kappa shape index (κ3) is 4.07. The van der Waals surface area contributed by atoms with Crippen molar-refractivity contribution < 1.29 is 9.15 Å². The molecule has 3 heterocycles. The van der Waals surface area contributed by atoms with Gasteiger partial charge in [-0.1, -0.05) is 44.2 Å². The number of benzene rings is 2. The van der Waals surface area contributed by atoms with Gasteiger partial charge in [0.05, 0.1) is 38.5 Å². The number of aromatic nitrogens is 4. The van der Waals surface area contributed by atoms with E-state index in [9.17, 15) is 9.59 Å². The van der Waals surface area contributed by atoms with Gasteiger partial charge in [0.25, 0.3) is 5.56 Å². The molecule has 8 heteroatoms. The van der Waals surface area contributed by atoms with Crippen LogP contribution < -0.4 is 16.0 Å². The number of fused-ring (bicyclic) bond motifs is 1. The number of ether oxygens (including phenoxy) is 1. The van der Waals surface area contributed by atoms with E-state index in [2.05, 4.69) is 18.8 Å². The molecule has 0 amide bonds. The molecule has 0 spiro atoms. The zero-order valence-corrected chi connectivity index (χ0v) is 19.8. The van der Waals surface area contributed by atoms with E-state index in [0.717, 1.165) is 11.1 Å².